The van der Waals surface area contributed by atoms with Gasteiger partial charge in [0.25, 0.3) is 0 Å². The van der Waals surface area contributed by atoms with Crippen LogP contribution in [-0.2, 0) is 9.53 Å². The van der Waals surface area contributed by atoms with E-state index in [0.29, 0.717) is 24.7 Å². The van der Waals surface area contributed by atoms with E-state index in [1.807, 2.05) is 13.8 Å². The third-order valence-corrected chi connectivity index (χ3v) is 1.81. The third kappa shape index (κ3) is 2.81. The largest absolute Gasteiger partial charge is 0.410 e. The van der Waals surface area contributed by atoms with Crippen molar-refractivity contribution >= 4 is 11.9 Å². The van der Waals surface area contributed by atoms with Gasteiger partial charge in [0.15, 0.2) is 11.9 Å². The van der Waals surface area contributed by atoms with Gasteiger partial charge in [-0.05, 0) is 12.3 Å². The third-order valence-electron chi connectivity index (χ3n) is 1.81. The monoisotopic (exact) mass is 185 g/mol. The minimum absolute atomic E-state index is 0.0273. The van der Waals surface area contributed by atoms with Crippen LogP contribution in [0.2, 0.25) is 0 Å². The molecule has 1 atom stereocenters. The van der Waals surface area contributed by atoms with E-state index in [1.165, 1.54) is 0 Å². The summed E-state index contributed by atoms with van der Waals surface area (Å²) < 4.78 is 4.87. The van der Waals surface area contributed by atoms with Crippen molar-refractivity contribution in [2.24, 2.45) is 10.9 Å². The van der Waals surface area contributed by atoms with Crippen molar-refractivity contribution in [3.05, 3.63) is 0 Å². The summed E-state index contributed by atoms with van der Waals surface area (Å²) in [6.45, 7) is 4.04. The second-order valence-electron chi connectivity index (χ2n) is 3.56. The zero-order valence-corrected chi connectivity index (χ0v) is 7.99. The molecule has 0 radical (unpaired) electrons. The standard InChI is InChI=1S/C9H15NO3/c1-6(2)5-7-9(12)13-8(10-7)3-4-11/h6-7,11H,3-5H2,1-2H3. The highest BCUT2D eigenvalue weighted by molar-refractivity contribution is 5.97. The molecule has 1 aliphatic rings. The van der Waals surface area contributed by atoms with Gasteiger partial charge in [-0.15, -0.1) is 0 Å². The van der Waals surface area contributed by atoms with E-state index in [1.54, 1.807) is 0 Å². The number of esters is 1. The molecule has 0 aromatic carbocycles. The maximum atomic E-state index is 11.2. The van der Waals surface area contributed by atoms with Gasteiger partial charge >= 0.3 is 5.97 Å². The summed E-state index contributed by atoms with van der Waals surface area (Å²) in [5.74, 6) is 0.519. The van der Waals surface area contributed by atoms with E-state index in [-0.39, 0.29) is 18.6 Å². The van der Waals surface area contributed by atoms with Crippen LogP contribution in [0.1, 0.15) is 26.7 Å². The molecule has 0 spiro atoms. The van der Waals surface area contributed by atoms with Crippen molar-refractivity contribution in [1.82, 2.24) is 0 Å². The molecule has 4 nitrogen and oxygen atoms in total. The van der Waals surface area contributed by atoms with Crippen molar-refractivity contribution in [1.29, 1.82) is 0 Å². The molecule has 0 amide bonds. The van der Waals surface area contributed by atoms with Crippen LogP contribution in [0.15, 0.2) is 4.99 Å². The van der Waals surface area contributed by atoms with Gasteiger partial charge in [-0.25, -0.2) is 9.79 Å². The lowest BCUT2D eigenvalue weighted by Gasteiger charge is -2.05. The lowest BCUT2D eigenvalue weighted by Crippen LogP contribution is -2.17. The second-order valence-corrected chi connectivity index (χ2v) is 3.56. The Morgan fingerprint density at radius 1 is 1.62 bits per heavy atom. The van der Waals surface area contributed by atoms with Crippen LogP contribution < -0.4 is 0 Å². The Hall–Kier alpha value is -0.900. The number of aliphatic imine (C=N–C) groups is 1. The molecular formula is C9H15NO3. The number of ether oxygens (including phenoxy) is 1. The van der Waals surface area contributed by atoms with E-state index in [2.05, 4.69) is 4.99 Å². The summed E-state index contributed by atoms with van der Waals surface area (Å²) in [4.78, 5) is 15.3. The van der Waals surface area contributed by atoms with E-state index < -0.39 is 0 Å². The maximum Gasteiger partial charge on any atom is 0.337 e. The summed E-state index contributed by atoms with van der Waals surface area (Å²) >= 11 is 0. The first-order chi connectivity index (χ1) is 6.13. The van der Waals surface area contributed by atoms with Gasteiger partial charge in [0, 0.05) is 6.42 Å². The highest BCUT2D eigenvalue weighted by Gasteiger charge is 2.28. The Morgan fingerprint density at radius 3 is 2.85 bits per heavy atom. The molecule has 0 fully saturated rings. The predicted octanol–water partition coefficient (Wildman–Crippen LogP) is 0.739. The Balaban J connectivity index is 2.51. The van der Waals surface area contributed by atoms with Crippen LogP contribution in [-0.4, -0.2) is 29.6 Å². The molecule has 1 heterocycles. The van der Waals surface area contributed by atoms with Crippen LogP contribution in [0.25, 0.3) is 0 Å². The molecule has 1 unspecified atom stereocenters. The Morgan fingerprint density at radius 2 is 2.31 bits per heavy atom. The van der Waals surface area contributed by atoms with E-state index in [4.69, 9.17) is 9.84 Å². The topological polar surface area (TPSA) is 58.9 Å². The number of rotatable bonds is 4. The fraction of sp³-hybridized carbons (Fsp3) is 0.778. The fourth-order valence-electron chi connectivity index (χ4n) is 1.24. The molecule has 0 saturated heterocycles. The first-order valence-corrected chi connectivity index (χ1v) is 4.52. The molecule has 4 heteroatoms. The molecule has 1 rings (SSSR count). The van der Waals surface area contributed by atoms with Crippen LogP contribution in [0.4, 0.5) is 0 Å². The van der Waals surface area contributed by atoms with E-state index in [9.17, 15) is 4.79 Å². The predicted molar refractivity (Wildman–Crippen MR) is 48.5 cm³/mol. The molecule has 0 aliphatic carbocycles. The molecule has 0 bridgehead atoms. The molecule has 0 aromatic heterocycles. The highest BCUT2D eigenvalue weighted by Crippen LogP contribution is 2.16. The van der Waals surface area contributed by atoms with Gasteiger partial charge in [0.1, 0.15) is 0 Å². The van der Waals surface area contributed by atoms with Crippen LogP contribution in [0, 0.1) is 5.92 Å². The zero-order chi connectivity index (χ0) is 9.84. The number of hydrogen-bond acceptors (Lipinski definition) is 4. The zero-order valence-electron chi connectivity index (χ0n) is 7.99. The normalized spacial score (nSPS) is 22.0. The smallest absolute Gasteiger partial charge is 0.337 e. The minimum atomic E-state index is -0.346. The summed E-state index contributed by atoms with van der Waals surface area (Å²) in [6.07, 6.45) is 1.05. The van der Waals surface area contributed by atoms with Gasteiger partial charge < -0.3 is 9.84 Å². The number of cyclic esters (lactones) is 1. The number of aliphatic hydroxyl groups is 1. The highest BCUT2D eigenvalue weighted by atomic mass is 16.6. The molecule has 13 heavy (non-hydrogen) atoms. The number of carbonyl (C=O) groups excluding carboxylic acids is 1. The molecule has 1 N–H and O–H groups in total. The van der Waals surface area contributed by atoms with Crippen molar-refractivity contribution in [2.45, 2.75) is 32.7 Å². The minimum Gasteiger partial charge on any atom is -0.410 e. The van der Waals surface area contributed by atoms with E-state index in [0.717, 1.165) is 0 Å². The molecule has 1 aliphatic heterocycles. The molecule has 74 valence electrons. The fourth-order valence-corrected chi connectivity index (χ4v) is 1.24. The quantitative estimate of drug-likeness (QED) is 0.657. The first kappa shape index (κ1) is 10.2. The van der Waals surface area contributed by atoms with Gasteiger partial charge in [0.2, 0.25) is 0 Å². The number of nitrogens with zero attached hydrogens (tertiary/aromatic N) is 1. The van der Waals surface area contributed by atoms with Crippen LogP contribution >= 0.6 is 0 Å². The number of carbonyl (C=O) groups is 1. The van der Waals surface area contributed by atoms with Gasteiger partial charge in [-0.1, -0.05) is 13.8 Å². The summed E-state index contributed by atoms with van der Waals surface area (Å²) in [5, 5.41) is 8.61. The summed E-state index contributed by atoms with van der Waals surface area (Å²) in [7, 11) is 0. The average molecular weight is 185 g/mol. The van der Waals surface area contributed by atoms with Gasteiger partial charge in [-0.2, -0.15) is 0 Å². The molecular weight excluding hydrogens is 170 g/mol. The lowest BCUT2D eigenvalue weighted by molar-refractivity contribution is -0.135. The SMILES string of the molecule is CC(C)CC1N=C(CCO)OC1=O. The lowest BCUT2D eigenvalue weighted by atomic mass is 10.1. The van der Waals surface area contributed by atoms with Crippen molar-refractivity contribution in [2.75, 3.05) is 6.61 Å². The summed E-state index contributed by atoms with van der Waals surface area (Å²) in [5.41, 5.74) is 0. The van der Waals surface area contributed by atoms with Crippen LogP contribution in [0.3, 0.4) is 0 Å². The van der Waals surface area contributed by atoms with Crippen molar-refractivity contribution < 1.29 is 14.6 Å². The van der Waals surface area contributed by atoms with Crippen molar-refractivity contribution in [3.8, 4) is 0 Å². The number of hydrogen-bond donors (Lipinski definition) is 1. The maximum absolute atomic E-state index is 11.2. The Labute approximate surface area is 77.6 Å². The van der Waals surface area contributed by atoms with Gasteiger partial charge in [0.05, 0.1) is 6.61 Å². The van der Waals surface area contributed by atoms with Crippen molar-refractivity contribution in [3.63, 3.8) is 0 Å². The van der Waals surface area contributed by atoms with Gasteiger partial charge in [-0.3, -0.25) is 0 Å². The molecule has 0 saturated carbocycles. The average Bonchev–Trinajstić information content (AvgIpc) is 2.31. The first-order valence-electron chi connectivity index (χ1n) is 4.52. The van der Waals surface area contributed by atoms with E-state index >= 15 is 0 Å². The second kappa shape index (κ2) is 4.37. The number of aliphatic hydroxyl groups excluding tert-OH is 1. The Kier molecular flexibility index (Phi) is 3.42. The molecule has 0 aromatic rings. The summed E-state index contributed by atoms with van der Waals surface area (Å²) in [6, 6.07) is -0.346. The van der Waals surface area contributed by atoms with Crippen LogP contribution in [0.5, 0.6) is 0 Å². The Bertz CT molecular complexity index is 223.